The molecule has 1 saturated heterocycles. The Morgan fingerprint density at radius 3 is 2.73 bits per heavy atom. The lowest BCUT2D eigenvalue weighted by Crippen LogP contribution is -2.47. The van der Waals surface area contributed by atoms with Crippen molar-refractivity contribution in [2.24, 2.45) is 0 Å². The van der Waals surface area contributed by atoms with Gasteiger partial charge in [-0.1, -0.05) is 13.8 Å². The molecule has 170 valence electrons. The molecule has 5 rings (SSSR count). The molecule has 0 spiro atoms. The first-order valence-electron chi connectivity index (χ1n) is 10.9. The van der Waals surface area contributed by atoms with Crippen molar-refractivity contribution in [1.29, 1.82) is 5.26 Å². The van der Waals surface area contributed by atoms with E-state index in [2.05, 4.69) is 44.9 Å². The zero-order valence-electron chi connectivity index (χ0n) is 18.8. The SMILES string of the molecule is COc1cc(-c2[nH]c3cnc(N4CCN(CC#N)CC4)c(F)c3c2C(C)C)cn2ncnc12. The summed E-state index contributed by atoms with van der Waals surface area (Å²) in [5.41, 5.74) is 3.80. The Bertz CT molecular complexity index is 1360. The number of methoxy groups -OCH3 is 1. The van der Waals surface area contributed by atoms with Gasteiger partial charge in [-0.2, -0.15) is 10.4 Å². The molecule has 5 heterocycles. The number of aromatic amines is 1. The maximum Gasteiger partial charge on any atom is 0.197 e. The molecule has 0 radical (unpaired) electrons. The Hall–Kier alpha value is -3.71. The summed E-state index contributed by atoms with van der Waals surface area (Å²) in [6.45, 7) is 7.17. The highest BCUT2D eigenvalue weighted by atomic mass is 19.1. The molecule has 0 bridgehead atoms. The number of nitrogens with one attached hydrogen (secondary N) is 1. The van der Waals surface area contributed by atoms with Crippen molar-refractivity contribution in [3.05, 3.63) is 36.2 Å². The van der Waals surface area contributed by atoms with Crippen LogP contribution in [-0.2, 0) is 0 Å². The summed E-state index contributed by atoms with van der Waals surface area (Å²) >= 11 is 0. The lowest BCUT2D eigenvalue weighted by Gasteiger charge is -2.34. The summed E-state index contributed by atoms with van der Waals surface area (Å²) < 4.78 is 23.1. The number of nitrogens with zero attached hydrogens (tertiary/aromatic N) is 7. The topological polar surface area (TPSA) is 98.4 Å². The number of piperazine rings is 1. The highest BCUT2D eigenvalue weighted by molar-refractivity contribution is 5.93. The third-order valence-electron chi connectivity index (χ3n) is 6.19. The van der Waals surface area contributed by atoms with Crippen molar-refractivity contribution in [2.75, 3.05) is 44.7 Å². The summed E-state index contributed by atoms with van der Waals surface area (Å²) in [5, 5.41) is 13.7. The van der Waals surface area contributed by atoms with Gasteiger partial charge in [-0.3, -0.25) is 4.90 Å². The van der Waals surface area contributed by atoms with E-state index in [0.29, 0.717) is 60.8 Å². The van der Waals surface area contributed by atoms with Gasteiger partial charge in [0, 0.05) is 43.3 Å². The normalized spacial score (nSPS) is 15.0. The van der Waals surface area contributed by atoms with Gasteiger partial charge in [-0.05, 0) is 17.5 Å². The molecule has 0 atom stereocenters. The van der Waals surface area contributed by atoms with Gasteiger partial charge >= 0.3 is 0 Å². The van der Waals surface area contributed by atoms with Crippen molar-refractivity contribution in [3.8, 4) is 23.1 Å². The second kappa shape index (κ2) is 8.33. The molecule has 0 aliphatic carbocycles. The largest absolute Gasteiger partial charge is 0.493 e. The fourth-order valence-electron chi connectivity index (χ4n) is 4.59. The van der Waals surface area contributed by atoms with Crippen molar-refractivity contribution >= 4 is 22.4 Å². The minimum absolute atomic E-state index is 0.0587. The molecule has 10 heteroatoms. The number of ether oxygens (including phenoxy) is 1. The van der Waals surface area contributed by atoms with Crippen molar-refractivity contribution < 1.29 is 9.13 Å². The van der Waals surface area contributed by atoms with Gasteiger partial charge in [-0.15, -0.1) is 0 Å². The number of H-pyrrole nitrogens is 1. The van der Waals surface area contributed by atoms with Gasteiger partial charge in [-0.25, -0.2) is 18.9 Å². The average Bonchev–Trinajstić information content (AvgIpc) is 3.44. The molecule has 0 saturated carbocycles. The molecule has 4 aromatic rings. The molecule has 0 amide bonds. The van der Waals surface area contributed by atoms with Crippen molar-refractivity contribution in [1.82, 2.24) is 29.5 Å². The van der Waals surface area contributed by atoms with Gasteiger partial charge in [0.15, 0.2) is 23.0 Å². The minimum Gasteiger partial charge on any atom is -0.493 e. The van der Waals surface area contributed by atoms with Crippen LogP contribution in [0.1, 0.15) is 25.3 Å². The summed E-state index contributed by atoms with van der Waals surface area (Å²) in [6, 6.07) is 4.07. The quantitative estimate of drug-likeness (QED) is 0.468. The minimum atomic E-state index is -0.318. The van der Waals surface area contributed by atoms with Crippen LogP contribution in [0.25, 0.3) is 27.8 Å². The molecular formula is C23H25FN8O. The number of fused-ring (bicyclic) bond motifs is 2. The van der Waals surface area contributed by atoms with Crippen molar-refractivity contribution in [2.45, 2.75) is 19.8 Å². The predicted molar refractivity (Wildman–Crippen MR) is 123 cm³/mol. The Balaban J connectivity index is 1.62. The van der Waals surface area contributed by atoms with Gasteiger partial charge in [0.2, 0.25) is 0 Å². The molecule has 0 unspecified atom stereocenters. The maximum atomic E-state index is 16.0. The van der Waals surface area contributed by atoms with Crippen molar-refractivity contribution in [3.63, 3.8) is 0 Å². The lowest BCUT2D eigenvalue weighted by atomic mass is 9.96. The van der Waals surface area contributed by atoms with E-state index < -0.39 is 0 Å². The van der Waals surface area contributed by atoms with Crippen LogP contribution in [-0.4, -0.2) is 69.3 Å². The molecule has 33 heavy (non-hydrogen) atoms. The molecular weight excluding hydrogens is 423 g/mol. The Morgan fingerprint density at radius 1 is 1.24 bits per heavy atom. The molecule has 1 aliphatic rings. The first kappa shape index (κ1) is 21.2. The van der Waals surface area contributed by atoms with Gasteiger partial charge in [0.1, 0.15) is 6.33 Å². The smallest absolute Gasteiger partial charge is 0.197 e. The highest BCUT2D eigenvalue weighted by Crippen LogP contribution is 2.39. The van der Waals surface area contributed by atoms with E-state index in [1.807, 2.05) is 17.2 Å². The van der Waals surface area contributed by atoms with E-state index >= 15 is 4.39 Å². The maximum absolute atomic E-state index is 16.0. The number of pyridine rings is 2. The fourth-order valence-corrected chi connectivity index (χ4v) is 4.59. The van der Waals surface area contributed by atoms with Crippen LogP contribution >= 0.6 is 0 Å². The molecule has 4 aromatic heterocycles. The van der Waals surface area contributed by atoms with Crippen LogP contribution in [0.5, 0.6) is 5.75 Å². The van der Waals surface area contributed by atoms with Crippen LogP contribution in [0.3, 0.4) is 0 Å². The van der Waals surface area contributed by atoms with Crippen LogP contribution < -0.4 is 9.64 Å². The number of anilines is 1. The van der Waals surface area contributed by atoms with Gasteiger partial charge in [0.25, 0.3) is 0 Å². The van der Waals surface area contributed by atoms with E-state index in [0.717, 1.165) is 16.8 Å². The monoisotopic (exact) mass is 448 g/mol. The number of halogens is 1. The summed E-state index contributed by atoms with van der Waals surface area (Å²) in [5.74, 6) is 0.688. The Labute approximate surface area is 190 Å². The second-order valence-corrected chi connectivity index (χ2v) is 8.50. The fraction of sp³-hybridized carbons (Fsp3) is 0.391. The van der Waals surface area contributed by atoms with E-state index in [-0.39, 0.29) is 11.7 Å². The van der Waals surface area contributed by atoms with Crippen LogP contribution in [0.15, 0.2) is 24.8 Å². The molecule has 0 aromatic carbocycles. The highest BCUT2D eigenvalue weighted by Gasteiger charge is 2.26. The summed E-state index contributed by atoms with van der Waals surface area (Å²) in [7, 11) is 1.59. The van der Waals surface area contributed by atoms with E-state index in [1.165, 1.54) is 6.33 Å². The third kappa shape index (κ3) is 3.54. The van der Waals surface area contributed by atoms with Gasteiger partial charge in [0.05, 0.1) is 37.1 Å². The number of nitriles is 1. The van der Waals surface area contributed by atoms with E-state index in [9.17, 15) is 0 Å². The predicted octanol–water partition coefficient (Wildman–Crippen LogP) is 3.19. The third-order valence-corrected chi connectivity index (χ3v) is 6.19. The number of hydrogen-bond donors (Lipinski definition) is 1. The Kier molecular flexibility index (Phi) is 5.34. The standard InChI is InChI=1S/C23H25FN8O/c1-14(2)18-19-16(11-26-23(20(19)24)31-8-6-30(5-4-25)7-9-31)29-21(18)15-10-17(33-3)22-27-13-28-32(22)12-15/h10-14,29H,5-9H2,1-3H3. The average molecular weight is 449 g/mol. The van der Waals surface area contributed by atoms with Gasteiger partial charge < -0.3 is 14.6 Å². The Morgan fingerprint density at radius 2 is 2.03 bits per heavy atom. The first-order valence-corrected chi connectivity index (χ1v) is 10.9. The summed E-state index contributed by atoms with van der Waals surface area (Å²) in [6.07, 6.45) is 5.04. The first-order chi connectivity index (χ1) is 16.0. The van der Waals surface area contributed by atoms with Crippen LogP contribution in [0.4, 0.5) is 10.2 Å². The molecule has 9 nitrogen and oxygen atoms in total. The molecule has 1 N–H and O–H groups in total. The van der Waals surface area contributed by atoms with E-state index in [4.69, 9.17) is 10.00 Å². The zero-order chi connectivity index (χ0) is 23.1. The van der Waals surface area contributed by atoms with Crippen LogP contribution in [0, 0.1) is 17.1 Å². The zero-order valence-corrected chi connectivity index (χ0v) is 18.8. The second-order valence-electron chi connectivity index (χ2n) is 8.50. The number of rotatable bonds is 5. The number of aromatic nitrogens is 5. The number of hydrogen-bond acceptors (Lipinski definition) is 7. The molecule has 1 aliphatic heterocycles. The summed E-state index contributed by atoms with van der Waals surface area (Å²) in [4.78, 5) is 16.1. The van der Waals surface area contributed by atoms with E-state index in [1.54, 1.807) is 17.8 Å². The lowest BCUT2D eigenvalue weighted by molar-refractivity contribution is 0.285. The molecule has 1 fully saturated rings. The van der Waals surface area contributed by atoms with Crippen LogP contribution in [0.2, 0.25) is 0 Å².